The largest absolute Gasteiger partial charge is 0.493 e. The molecule has 0 bridgehead atoms. The van der Waals surface area contributed by atoms with Gasteiger partial charge in [-0.05, 0) is 74.7 Å². The Kier molecular flexibility index (Phi) is 8.40. The van der Waals surface area contributed by atoms with Gasteiger partial charge in [0.2, 0.25) is 5.88 Å². The lowest BCUT2D eigenvalue weighted by Gasteiger charge is -2.30. The Balaban J connectivity index is 1.34. The number of hydrogen-bond acceptors (Lipinski definition) is 6. The Hall–Kier alpha value is -4.50. The number of carbonyl (C=O) groups excluding carboxylic acids is 2. The van der Waals surface area contributed by atoms with Gasteiger partial charge in [-0.25, -0.2) is 14.5 Å². The normalized spacial score (nSPS) is 14.8. The molecular formula is C33H38N6O3. The first kappa shape index (κ1) is 29.0. The Morgan fingerprint density at radius 1 is 0.976 bits per heavy atom. The minimum absolute atomic E-state index is 0.0214. The van der Waals surface area contributed by atoms with Gasteiger partial charge in [0.05, 0.1) is 17.3 Å². The maximum atomic E-state index is 13.6. The lowest BCUT2D eigenvalue weighted by molar-refractivity contribution is 0.0915. The first-order chi connectivity index (χ1) is 20.1. The standard InChI is InChI=1S/C33H38N6O3/c1-21-5-12-26(13-6-21)39-28(19-27(38-39)33(2,3)4)37-32(42)36-25-10-7-22(8-11-25)30(23-15-17-34-18-16-23)31(41)24-9-14-29(40)35-20-24/h5-14,19-20,23,30,34H,15-18H2,1-4H3,(H,35,40)(H2,36,37,42). The molecular weight excluding hydrogens is 528 g/mol. The molecule has 3 heterocycles. The fourth-order valence-electron chi connectivity index (χ4n) is 5.30. The molecule has 1 atom stereocenters. The molecule has 4 N–H and O–H groups in total. The van der Waals surface area contributed by atoms with Crippen LogP contribution in [0.25, 0.3) is 5.69 Å². The van der Waals surface area contributed by atoms with E-state index in [1.165, 1.54) is 12.3 Å². The lowest BCUT2D eigenvalue weighted by Crippen LogP contribution is -2.33. The second kappa shape index (κ2) is 12.2. The van der Waals surface area contributed by atoms with Gasteiger partial charge >= 0.3 is 6.03 Å². The van der Waals surface area contributed by atoms with Crippen LogP contribution in [0, 0.1) is 12.8 Å². The molecule has 218 valence electrons. The van der Waals surface area contributed by atoms with Crippen molar-refractivity contribution >= 4 is 23.3 Å². The van der Waals surface area contributed by atoms with E-state index >= 15 is 0 Å². The molecule has 4 aromatic rings. The van der Waals surface area contributed by atoms with Gasteiger partial charge in [0, 0.05) is 35.0 Å². The smallest absolute Gasteiger partial charge is 0.324 e. The van der Waals surface area contributed by atoms with Crippen LogP contribution in [0.4, 0.5) is 16.3 Å². The summed E-state index contributed by atoms with van der Waals surface area (Å²) in [5.41, 5.74) is 4.62. The SMILES string of the molecule is Cc1ccc(-n2nc(C(C)(C)C)cc2NC(=O)Nc2ccc(C(C(=O)c3ccc(O)nc3)C3CCNCC3)cc2)cc1. The van der Waals surface area contributed by atoms with Crippen LogP contribution >= 0.6 is 0 Å². The zero-order valence-corrected chi connectivity index (χ0v) is 24.5. The fraction of sp³-hybridized carbons (Fsp3) is 0.333. The van der Waals surface area contributed by atoms with Gasteiger partial charge in [0.1, 0.15) is 5.82 Å². The van der Waals surface area contributed by atoms with E-state index < -0.39 is 6.03 Å². The highest BCUT2D eigenvalue weighted by Gasteiger charge is 2.32. The predicted molar refractivity (Wildman–Crippen MR) is 165 cm³/mol. The highest BCUT2D eigenvalue weighted by molar-refractivity contribution is 6.01. The van der Waals surface area contributed by atoms with Crippen LogP contribution in [0.2, 0.25) is 0 Å². The van der Waals surface area contributed by atoms with Crippen molar-refractivity contribution in [2.24, 2.45) is 5.92 Å². The summed E-state index contributed by atoms with van der Waals surface area (Å²) >= 11 is 0. The molecule has 2 aromatic carbocycles. The Labute approximate surface area is 246 Å². The summed E-state index contributed by atoms with van der Waals surface area (Å²) in [7, 11) is 0. The van der Waals surface area contributed by atoms with Gasteiger partial charge in [-0.2, -0.15) is 5.10 Å². The van der Waals surface area contributed by atoms with Crippen LogP contribution < -0.4 is 16.0 Å². The van der Waals surface area contributed by atoms with Gasteiger partial charge in [0.25, 0.3) is 0 Å². The molecule has 0 radical (unpaired) electrons. The number of nitrogens with one attached hydrogen (secondary N) is 3. The second-order valence-corrected chi connectivity index (χ2v) is 11.9. The van der Waals surface area contributed by atoms with E-state index in [0.717, 1.165) is 48.4 Å². The molecule has 9 nitrogen and oxygen atoms in total. The summed E-state index contributed by atoms with van der Waals surface area (Å²) in [5, 5.41) is 23.6. The van der Waals surface area contributed by atoms with Gasteiger partial charge in [-0.1, -0.05) is 50.6 Å². The molecule has 1 aliphatic heterocycles. The number of Topliss-reactive ketones (excluding diaryl/α,β-unsaturated/α-hetero) is 1. The summed E-state index contributed by atoms with van der Waals surface area (Å²) in [5.74, 6) is 0.258. The number of hydrogen-bond donors (Lipinski definition) is 4. The van der Waals surface area contributed by atoms with Crippen molar-refractivity contribution in [2.75, 3.05) is 23.7 Å². The number of carbonyl (C=O) groups is 2. The number of pyridine rings is 1. The van der Waals surface area contributed by atoms with Gasteiger partial charge in [-0.3, -0.25) is 10.1 Å². The Morgan fingerprint density at radius 3 is 2.29 bits per heavy atom. The quantitative estimate of drug-likeness (QED) is 0.198. The van der Waals surface area contributed by atoms with Crippen LogP contribution in [-0.2, 0) is 5.41 Å². The van der Waals surface area contributed by atoms with Gasteiger partial charge in [0.15, 0.2) is 5.78 Å². The van der Waals surface area contributed by atoms with E-state index in [1.54, 1.807) is 10.7 Å². The van der Waals surface area contributed by atoms with Crippen molar-refractivity contribution in [3.8, 4) is 11.6 Å². The number of amides is 2. The molecule has 2 amide bonds. The third-order valence-electron chi connectivity index (χ3n) is 7.70. The zero-order chi connectivity index (χ0) is 29.9. The molecule has 0 aliphatic carbocycles. The molecule has 1 fully saturated rings. The monoisotopic (exact) mass is 566 g/mol. The van der Waals surface area contributed by atoms with Crippen LogP contribution in [0.15, 0.2) is 72.9 Å². The molecule has 0 spiro atoms. The average molecular weight is 567 g/mol. The predicted octanol–water partition coefficient (Wildman–Crippen LogP) is 6.19. The Bertz CT molecular complexity index is 1530. The molecule has 1 aliphatic rings. The van der Waals surface area contributed by atoms with E-state index in [1.807, 2.05) is 61.5 Å². The molecule has 0 saturated carbocycles. The number of nitrogens with zero attached hydrogens (tertiary/aromatic N) is 3. The second-order valence-electron chi connectivity index (χ2n) is 11.9. The van der Waals surface area contributed by atoms with Crippen LogP contribution in [-0.4, -0.2) is 44.8 Å². The van der Waals surface area contributed by atoms with Crippen molar-refractivity contribution in [1.82, 2.24) is 20.1 Å². The summed E-state index contributed by atoms with van der Waals surface area (Å²) < 4.78 is 1.75. The number of piperidine rings is 1. The molecule has 1 saturated heterocycles. The maximum Gasteiger partial charge on any atom is 0.324 e. The molecule has 1 unspecified atom stereocenters. The maximum absolute atomic E-state index is 13.6. The van der Waals surface area contributed by atoms with Crippen LogP contribution in [0.5, 0.6) is 5.88 Å². The van der Waals surface area contributed by atoms with Crippen molar-refractivity contribution in [3.63, 3.8) is 0 Å². The number of benzene rings is 2. The van der Waals surface area contributed by atoms with E-state index in [4.69, 9.17) is 5.10 Å². The number of aryl methyl sites for hydroxylation is 1. The summed E-state index contributed by atoms with van der Waals surface area (Å²) in [6.07, 6.45) is 3.20. The topological polar surface area (TPSA) is 121 Å². The summed E-state index contributed by atoms with van der Waals surface area (Å²) in [6.45, 7) is 10.00. The van der Waals surface area contributed by atoms with Crippen LogP contribution in [0.1, 0.15) is 66.7 Å². The van der Waals surface area contributed by atoms with E-state index in [2.05, 4.69) is 41.7 Å². The minimum Gasteiger partial charge on any atom is -0.493 e. The number of aromatic nitrogens is 3. The molecule has 5 rings (SSSR count). The van der Waals surface area contributed by atoms with Crippen molar-refractivity contribution < 1.29 is 14.7 Å². The van der Waals surface area contributed by atoms with Gasteiger partial charge in [-0.15, -0.1) is 0 Å². The third-order valence-corrected chi connectivity index (χ3v) is 7.70. The van der Waals surface area contributed by atoms with Crippen molar-refractivity contribution in [2.45, 2.75) is 51.9 Å². The number of anilines is 2. The van der Waals surface area contributed by atoms with Crippen LogP contribution in [0.3, 0.4) is 0 Å². The highest BCUT2D eigenvalue weighted by Crippen LogP contribution is 2.35. The highest BCUT2D eigenvalue weighted by atomic mass is 16.3. The molecule has 2 aromatic heterocycles. The number of aromatic hydroxyl groups is 1. The first-order valence-electron chi connectivity index (χ1n) is 14.3. The number of urea groups is 1. The lowest BCUT2D eigenvalue weighted by atomic mass is 9.76. The van der Waals surface area contributed by atoms with Gasteiger partial charge < -0.3 is 15.7 Å². The van der Waals surface area contributed by atoms with E-state index in [-0.39, 0.29) is 28.9 Å². The summed E-state index contributed by atoms with van der Waals surface area (Å²) in [6, 6.07) is 20.0. The number of rotatable bonds is 7. The van der Waals surface area contributed by atoms with E-state index in [9.17, 15) is 14.7 Å². The van der Waals surface area contributed by atoms with E-state index in [0.29, 0.717) is 17.1 Å². The number of ketones is 1. The third kappa shape index (κ3) is 6.69. The zero-order valence-electron chi connectivity index (χ0n) is 24.5. The minimum atomic E-state index is -0.391. The molecule has 42 heavy (non-hydrogen) atoms. The fourth-order valence-corrected chi connectivity index (χ4v) is 5.30. The van der Waals surface area contributed by atoms with Crippen molar-refractivity contribution in [1.29, 1.82) is 0 Å². The van der Waals surface area contributed by atoms with Crippen molar-refractivity contribution in [3.05, 3.63) is 95.3 Å². The molecule has 9 heteroatoms. The average Bonchev–Trinajstić information content (AvgIpc) is 3.39. The Morgan fingerprint density at radius 2 is 1.67 bits per heavy atom. The first-order valence-corrected chi connectivity index (χ1v) is 14.3. The summed E-state index contributed by atoms with van der Waals surface area (Å²) in [4.78, 5) is 30.7.